The summed E-state index contributed by atoms with van der Waals surface area (Å²) >= 11 is 1.74. The minimum Gasteiger partial charge on any atom is -0.387 e. The molecule has 1 aromatic heterocycles. The van der Waals surface area contributed by atoms with Gasteiger partial charge in [-0.2, -0.15) is 0 Å². The molecule has 0 radical (unpaired) electrons. The van der Waals surface area contributed by atoms with Crippen LogP contribution in [0.25, 0.3) is 0 Å². The molecule has 2 aromatic rings. The van der Waals surface area contributed by atoms with Crippen LogP contribution in [0, 0.1) is 5.82 Å². The third-order valence-corrected chi connectivity index (χ3v) is 3.66. The summed E-state index contributed by atoms with van der Waals surface area (Å²) in [7, 11) is 0. The summed E-state index contributed by atoms with van der Waals surface area (Å²) in [5, 5.41) is 15.1. The molecule has 0 spiro atoms. The van der Waals surface area contributed by atoms with Crippen molar-refractivity contribution in [2.45, 2.75) is 12.5 Å². The SMILES string of the molecule is OC(CNCCc1cccs1)c1ccc(F)cc1. The molecule has 2 nitrogen and oxygen atoms in total. The van der Waals surface area contributed by atoms with Crippen molar-refractivity contribution in [2.75, 3.05) is 13.1 Å². The van der Waals surface area contributed by atoms with Crippen LogP contribution in [0.5, 0.6) is 0 Å². The fraction of sp³-hybridized carbons (Fsp3) is 0.286. The highest BCUT2D eigenvalue weighted by Gasteiger charge is 2.06. The lowest BCUT2D eigenvalue weighted by Gasteiger charge is -2.11. The molecule has 0 saturated carbocycles. The fourth-order valence-electron chi connectivity index (χ4n) is 1.71. The van der Waals surface area contributed by atoms with E-state index in [-0.39, 0.29) is 5.82 Å². The van der Waals surface area contributed by atoms with Crippen molar-refractivity contribution >= 4 is 11.3 Å². The molecule has 0 aliphatic carbocycles. The average molecular weight is 265 g/mol. The van der Waals surface area contributed by atoms with Crippen LogP contribution in [0.4, 0.5) is 4.39 Å². The summed E-state index contributed by atoms with van der Waals surface area (Å²) in [6, 6.07) is 10.1. The molecule has 0 bridgehead atoms. The summed E-state index contributed by atoms with van der Waals surface area (Å²) in [4.78, 5) is 1.33. The maximum absolute atomic E-state index is 12.7. The van der Waals surface area contributed by atoms with Crippen molar-refractivity contribution < 1.29 is 9.50 Å². The van der Waals surface area contributed by atoms with Gasteiger partial charge in [-0.25, -0.2) is 4.39 Å². The number of halogens is 1. The van der Waals surface area contributed by atoms with E-state index >= 15 is 0 Å². The van der Waals surface area contributed by atoms with E-state index in [1.165, 1.54) is 17.0 Å². The lowest BCUT2D eigenvalue weighted by Crippen LogP contribution is -2.23. The number of aliphatic hydroxyl groups excluding tert-OH is 1. The van der Waals surface area contributed by atoms with Gasteiger partial charge < -0.3 is 10.4 Å². The molecule has 96 valence electrons. The Morgan fingerprint density at radius 3 is 2.67 bits per heavy atom. The molecule has 1 unspecified atom stereocenters. The van der Waals surface area contributed by atoms with E-state index in [0.717, 1.165) is 18.5 Å². The Bertz CT molecular complexity index is 455. The van der Waals surface area contributed by atoms with Crippen LogP contribution in [0.1, 0.15) is 16.5 Å². The Labute approximate surface area is 110 Å². The summed E-state index contributed by atoms with van der Waals surface area (Å²) < 4.78 is 12.7. The summed E-state index contributed by atoms with van der Waals surface area (Å²) in [6.07, 6.45) is 0.377. The van der Waals surface area contributed by atoms with Gasteiger partial charge in [-0.05, 0) is 35.6 Å². The predicted octanol–water partition coefficient (Wildman–Crippen LogP) is 2.75. The van der Waals surface area contributed by atoms with Crippen LogP contribution < -0.4 is 5.32 Å². The fourth-order valence-corrected chi connectivity index (χ4v) is 2.42. The summed E-state index contributed by atoms with van der Waals surface area (Å²) in [5.41, 5.74) is 0.736. The topological polar surface area (TPSA) is 32.3 Å². The third-order valence-electron chi connectivity index (χ3n) is 2.72. The van der Waals surface area contributed by atoms with E-state index in [4.69, 9.17) is 0 Å². The van der Waals surface area contributed by atoms with Crippen LogP contribution >= 0.6 is 11.3 Å². The van der Waals surface area contributed by atoms with E-state index in [1.807, 2.05) is 6.07 Å². The first-order valence-corrected chi connectivity index (χ1v) is 6.80. The Hall–Kier alpha value is -1.23. The van der Waals surface area contributed by atoms with Gasteiger partial charge in [0.2, 0.25) is 0 Å². The van der Waals surface area contributed by atoms with Crippen molar-refractivity contribution in [3.63, 3.8) is 0 Å². The molecular weight excluding hydrogens is 249 g/mol. The van der Waals surface area contributed by atoms with Crippen molar-refractivity contribution in [1.82, 2.24) is 5.32 Å². The first-order valence-electron chi connectivity index (χ1n) is 5.92. The first kappa shape index (κ1) is 13.2. The van der Waals surface area contributed by atoms with E-state index in [0.29, 0.717) is 6.54 Å². The normalized spacial score (nSPS) is 12.6. The van der Waals surface area contributed by atoms with Crippen molar-refractivity contribution in [3.8, 4) is 0 Å². The minimum atomic E-state index is -0.589. The zero-order valence-corrected chi connectivity index (χ0v) is 10.8. The minimum absolute atomic E-state index is 0.281. The Morgan fingerprint density at radius 2 is 2.00 bits per heavy atom. The quantitative estimate of drug-likeness (QED) is 0.787. The van der Waals surface area contributed by atoms with Gasteiger partial charge in [-0.15, -0.1) is 11.3 Å². The van der Waals surface area contributed by atoms with Crippen molar-refractivity contribution in [1.29, 1.82) is 0 Å². The number of nitrogens with one attached hydrogen (secondary N) is 1. The van der Waals surface area contributed by atoms with Crippen LogP contribution in [0.15, 0.2) is 41.8 Å². The van der Waals surface area contributed by atoms with Crippen molar-refractivity contribution in [2.24, 2.45) is 0 Å². The van der Waals surface area contributed by atoms with E-state index in [9.17, 15) is 9.50 Å². The molecule has 0 aliphatic rings. The van der Waals surface area contributed by atoms with Crippen LogP contribution in [-0.2, 0) is 6.42 Å². The average Bonchev–Trinajstić information content (AvgIpc) is 2.88. The number of aliphatic hydroxyl groups is 1. The van der Waals surface area contributed by atoms with Gasteiger partial charge in [0.1, 0.15) is 5.82 Å². The molecule has 1 heterocycles. The highest BCUT2D eigenvalue weighted by Crippen LogP contribution is 2.12. The lowest BCUT2D eigenvalue weighted by molar-refractivity contribution is 0.175. The van der Waals surface area contributed by atoms with Crippen LogP contribution in [0.2, 0.25) is 0 Å². The van der Waals surface area contributed by atoms with Gasteiger partial charge in [-0.3, -0.25) is 0 Å². The smallest absolute Gasteiger partial charge is 0.123 e. The zero-order chi connectivity index (χ0) is 12.8. The molecular formula is C14H16FNOS. The second kappa shape index (κ2) is 6.64. The van der Waals surface area contributed by atoms with Crippen LogP contribution in [-0.4, -0.2) is 18.2 Å². The molecule has 0 fully saturated rings. The largest absolute Gasteiger partial charge is 0.387 e. The molecule has 2 rings (SSSR count). The first-order chi connectivity index (χ1) is 8.75. The Balaban J connectivity index is 1.71. The molecule has 0 aliphatic heterocycles. The van der Waals surface area contributed by atoms with Gasteiger partial charge in [-0.1, -0.05) is 18.2 Å². The van der Waals surface area contributed by atoms with Crippen LogP contribution in [0.3, 0.4) is 0 Å². The molecule has 4 heteroatoms. The molecule has 0 amide bonds. The summed E-state index contributed by atoms with van der Waals surface area (Å²) in [6.45, 7) is 1.32. The zero-order valence-electron chi connectivity index (χ0n) is 9.97. The van der Waals surface area contributed by atoms with Gasteiger partial charge in [0.15, 0.2) is 0 Å². The highest BCUT2D eigenvalue weighted by atomic mass is 32.1. The Morgan fingerprint density at radius 1 is 1.22 bits per heavy atom. The lowest BCUT2D eigenvalue weighted by atomic mass is 10.1. The summed E-state index contributed by atoms with van der Waals surface area (Å²) in [5.74, 6) is -0.281. The number of hydrogen-bond acceptors (Lipinski definition) is 3. The molecule has 1 aromatic carbocycles. The number of benzene rings is 1. The van der Waals surface area contributed by atoms with Gasteiger partial charge in [0.05, 0.1) is 6.10 Å². The molecule has 0 saturated heterocycles. The van der Waals surface area contributed by atoms with Crippen molar-refractivity contribution in [3.05, 3.63) is 58.0 Å². The number of thiophene rings is 1. The molecule has 18 heavy (non-hydrogen) atoms. The number of hydrogen-bond donors (Lipinski definition) is 2. The highest BCUT2D eigenvalue weighted by molar-refractivity contribution is 7.09. The standard InChI is InChI=1S/C14H16FNOS/c15-12-5-3-11(4-6-12)14(17)10-16-8-7-13-2-1-9-18-13/h1-6,9,14,16-17H,7-8,10H2. The molecule has 1 atom stereocenters. The second-order valence-corrected chi connectivity index (χ2v) is 5.13. The maximum Gasteiger partial charge on any atom is 0.123 e. The van der Waals surface area contributed by atoms with Gasteiger partial charge in [0, 0.05) is 18.0 Å². The van der Waals surface area contributed by atoms with Gasteiger partial charge >= 0.3 is 0 Å². The Kier molecular flexibility index (Phi) is 4.87. The van der Waals surface area contributed by atoms with E-state index < -0.39 is 6.10 Å². The maximum atomic E-state index is 12.7. The second-order valence-electron chi connectivity index (χ2n) is 4.10. The van der Waals surface area contributed by atoms with Gasteiger partial charge in [0.25, 0.3) is 0 Å². The number of rotatable bonds is 6. The predicted molar refractivity (Wildman–Crippen MR) is 72.3 cm³/mol. The van der Waals surface area contributed by atoms with E-state index in [1.54, 1.807) is 23.5 Å². The monoisotopic (exact) mass is 265 g/mol. The third kappa shape index (κ3) is 3.91. The van der Waals surface area contributed by atoms with E-state index in [2.05, 4.69) is 16.8 Å². The molecule has 2 N–H and O–H groups in total.